The molecule has 2 N–H and O–H groups in total. The molecule has 0 spiro atoms. The number of hydrogen-bond acceptors (Lipinski definition) is 6. The van der Waals surface area contributed by atoms with Crippen LogP contribution >= 0.6 is 11.8 Å². The molecule has 0 unspecified atom stereocenters. The van der Waals surface area contributed by atoms with Gasteiger partial charge in [-0.2, -0.15) is 0 Å². The van der Waals surface area contributed by atoms with Crippen molar-refractivity contribution in [1.29, 1.82) is 0 Å². The first kappa shape index (κ1) is 19.0. The lowest BCUT2D eigenvalue weighted by atomic mass is 10.1. The van der Waals surface area contributed by atoms with Crippen LogP contribution < -0.4 is 10.6 Å². The summed E-state index contributed by atoms with van der Waals surface area (Å²) >= 11 is 1.09. The normalized spacial score (nSPS) is 10.8. The van der Waals surface area contributed by atoms with Gasteiger partial charge in [-0.1, -0.05) is 42.8 Å². The first-order valence-electron chi connectivity index (χ1n) is 7.96. The summed E-state index contributed by atoms with van der Waals surface area (Å²) < 4.78 is 5.57. The van der Waals surface area contributed by atoms with E-state index in [1.54, 1.807) is 0 Å². The summed E-state index contributed by atoms with van der Waals surface area (Å²) in [6, 6.07) is 5.48. The summed E-state index contributed by atoms with van der Waals surface area (Å²) in [6.07, 6.45) is 0. The average molecular weight is 362 g/mol. The van der Waals surface area contributed by atoms with Crippen LogP contribution in [0.5, 0.6) is 0 Å². The van der Waals surface area contributed by atoms with Gasteiger partial charge in [-0.15, -0.1) is 10.2 Å². The Labute approximate surface area is 151 Å². The van der Waals surface area contributed by atoms with Crippen molar-refractivity contribution < 1.29 is 14.0 Å². The van der Waals surface area contributed by atoms with Crippen molar-refractivity contribution in [2.75, 3.05) is 12.3 Å². The number of amides is 3. The maximum absolute atomic E-state index is 11.8. The summed E-state index contributed by atoms with van der Waals surface area (Å²) in [5.74, 6) is 0.322. The molecule has 0 saturated heterocycles. The molecule has 1 aromatic carbocycles. The van der Waals surface area contributed by atoms with E-state index in [-0.39, 0.29) is 11.0 Å². The molecule has 25 heavy (non-hydrogen) atoms. The number of hydrogen-bond donors (Lipinski definition) is 2. The van der Waals surface area contributed by atoms with Crippen molar-refractivity contribution in [1.82, 2.24) is 20.8 Å². The second kappa shape index (κ2) is 8.66. The lowest BCUT2D eigenvalue weighted by Gasteiger charge is -2.07. The van der Waals surface area contributed by atoms with Gasteiger partial charge in [0.25, 0.3) is 5.22 Å². The highest BCUT2D eigenvalue weighted by atomic mass is 32.2. The molecule has 0 atom stereocenters. The van der Waals surface area contributed by atoms with Gasteiger partial charge in [0.05, 0.1) is 5.75 Å². The van der Waals surface area contributed by atoms with Crippen LogP contribution in [0.15, 0.2) is 27.8 Å². The zero-order chi connectivity index (χ0) is 18.4. The molecule has 1 aromatic heterocycles. The summed E-state index contributed by atoms with van der Waals surface area (Å²) in [5, 5.41) is 13.1. The number of rotatable bonds is 6. The molecule has 0 bridgehead atoms. The number of thioether (sulfide) groups is 1. The van der Waals surface area contributed by atoms with Gasteiger partial charge >= 0.3 is 6.03 Å². The lowest BCUT2D eigenvalue weighted by Crippen LogP contribution is -2.41. The van der Waals surface area contributed by atoms with Crippen molar-refractivity contribution >= 4 is 23.7 Å². The third kappa shape index (κ3) is 6.22. The fourth-order valence-corrected chi connectivity index (χ4v) is 2.68. The summed E-state index contributed by atoms with van der Waals surface area (Å²) in [6.45, 7) is 8.45. The number of urea groups is 1. The minimum absolute atomic E-state index is 0.0174. The Morgan fingerprint density at radius 3 is 2.48 bits per heavy atom. The molecular formula is C17H22N4O3S. The van der Waals surface area contributed by atoms with Gasteiger partial charge in [0, 0.05) is 12.1 Å². The highest BCUT2D eigenvalue weighted by Gasteiger charge is 2.13. The van der Waals surface area contributed by atoms with Gasteiger partial charge in [0.15, 0.2) is 0 Å². The molecule has 0 radical (unpaired) electrons. The molecule has 0 aliphatic heterocycles. The molecule has 7 nitrogen and oxygen atoms in total. The molecule has 8 heteroatoms. The SMILES string of the molecule is Cc1cc(C)cc(-c2nnc(SCC(=O)NC(=O)NCC(C)C)o2)c1. The summed E-state index contributed by atoms with van der Waals surface area (Å²) in [4.78, 5) is 23.3. The fraction of sp³-hybridized carbons (Fsp3) is 0.412. The first-order chi connectivity index (χ1) is 11.8. The fourth-order valence-electron chi connectivity index (χ4n) is 2.11. The number of nitrogens with one attached hydrogen (secondary N) is 2. The van der Waals surface area contributed by atoms with Gasteiger partial charge in [-0.25, -0.2) is 4.79 Å². The number of imide groups is 1. The van der Waals surface area contributed by atoms with E-state index >= 15 is 0 Å². The van der Waals surface area contributed by atoms with Crippen LogP contribution in [0, 0.1) is 19.8 Å². The van der Waals surface area contributed by atoms with E-state index in [0.29, 0.717) is 18.4 Å². The number of benzene rings is 1. The number of nitrogens with zero attached hydrogens (tertiary/aromatic N) is 2. The van der Waals surface area contributed by atoms with E-state index < -0.39 is 11.9 Å². The van der Waals surface area contributed by atoms with E-state index in [1.807, 2.05) is 39.8 Å². The first-order valence-corrected chi connectivity index (χ1v) is 8.94. The van der Waals surface area contributed by atoms with Crippen LogP contribution in [0.25, 0.3) is 11.5 Å². The van der Waals surface area contributed by atoms with Gasteiger partial charge in [0.2, 0.25) is 11.8 Å². The third-order valence-electron chi connectivity index (χ3n) is 3.13. The molecule has 2 rings (SSSR count). The summed E-state index contributed by atoms with van der Waals surface area (Å²) in [7, 11) is 0. The molecule has 0 fully saturated rings. The smallest absolute Gasteiger partial charge is 0.321 e. The summed E-state index contributed by atoms with van der Waals surface area (Å²) in [5.41, 5.74) is 3.05. The van der Waals surface area contributed by atoms with Gasteiger partial charge in [-0.05, 0) is 31.9 Å². The van der Waals surface area contributed by atoms with Crippen molar-refractivity contribution in [3.63, 3.8) is 0 Å². The molecule has 0 aliphatic carbocycles. The monoisotopic (exact) mass is 362 g/mol. The number of aromatic nitrogens is 2. The van der Waals surface area contributed by atoms with Crippen LogP contribution in [-0.4, -0.2) is 34.4 Å². The molecule has 3 amide bonds. The number of aryl methyl sites for hydroxylation is 2. The van der Waals surface area contributed by atoms with E-state index in [4.69, 9.17) is 4.42 Å². The predicted octanol–water partition coefficient (Wildman–Crippen LogP) is 2.93. The third-order valence-corrected chi connectivity index (χ3v) is 3.94. The standard InChI is InChI=1S/C17H22N4O3S/c1-10(2)8-18-16(23)19-14(22)9-25-17-21-20-15(24-17)13-6-11(3)5-12(4)7-13/h5-7,10H,8-9H2,1-4H3,(H2,18,19,22,23). The number of carbonyl (C=O) groups excluding carboxylic acids is 2. The van der Waals surface area contributed by atoms with Crippen LogP contribution in [-0.2, 0) is 4.79 Å². The second-order valence-electron chi connectivity index (χ2n) is 6.19. The Morgan fingerprint density at radius 1 is 1.16 bits per heavy atom. The zero-order valence-electron chi connectivity index (χ0n) is 14.8. The molecule has 0 aliphatic rings. The minimum atomic E-state index is -0.499. The van der Waals surface area contributed by atoms with E-state index in [9.17, 15) is 9.59 Å². The van der Waals surface area contributed by atoms with Gasteiger partial charge in [0.1, 0.15) is 0 Å². The molecular weight excluding hydrogens is 340 g/mol. The van der Waals surface area contributed by atoms with Crippen molar-refractivity contribution in [2.45, 2.75) is 32.9 Å². The van der Waals surface area contributed by atoms with Gasteiger partial charge in [-0.3, -0.25) is 10.1 Å². The van der Waals surface area contributed by atoms with Gasteiger partial charge < -0.3 is 9.73 Å². The maximum atomic E-state index is 11.8. The second-order valence-corrected chi connectivity index (χ2v) is 7.12. The van der Waals surface area contributed by atoms with Crippen LogP contribution in [0.1, 0.15) is 25.0 Å². The average Bonchev–Trinajstić information content (AvgIpc) is 2.99. The van der Waals surface area contributed by atoms with Crippen molar-refractivity contribution in [2.24, 2.45) is 5.92 Å². The highest BCUT2D eigenvalue weighted by molar-refractivity contribution is 7.99. The van der Waals surface area contributed by atoms with E-state index in [1.165, 1.54) is 0 Å². The van der Waals surface area contributed by atoms with E-state index in [2.05, 4.69) is 26.9 Å². The topological polar surface area (TPSA) is 97.1 Å². The molecule has 1 heterocycles. The Morgan fingerprint density at radius 2 is 1.84 bits per heavy atom. The number of carbonyl (C=O) groups is 2. The Bertz CT molecular complexity index is 738. The zero-order valence-corrected chi connectivity index (χ0v) is 15.6. The van der Waals surface area contributed by atoms with E-state index in [0.717, 1.165) is 28.5 Å². The highest BCUT2D eigenvalue weighted by Crippen LogP contribution is 2.24. The van der Waals surface area contributed by atoms with Crippen molar-refractivity contribution in [3.05, 3.63) is 29.3 Å². The van der Waals surface area contributed by atoms with Crippen molar-refractivity contribution in [3.8, 4) is 11.5 Å². The van der Waals surface area contributed by atoms with Crippen LogP contribution in [0.4, 0.5) is 4.79 Å². The molecule has 134 valence electrons. The Hall–Kier alpha value is -2.35. The predicted molar refractivity (Wildman–Crippen MR) is 96.3 cm³/mol. The Balaban J connectivity index is 1.87. The molecule has 0 saturated carbocycles. The largest absolute Gasteiger partial charge is 0.411 e. The molecule has 2 aromatic rings. The van der Waals surface area contributed by atoms with Crippen LogP contribution in [0.2, 0.25) is 0 Å². The van der Waals surface area contributed by atoms with Crippen LogP contribution in [0.3, 0.4) is 0 Å². The lowest BCUT2D eigenvalue weighted by molar-refractivity contribution is -0.117. The quantitative estimate of drug-likeness (QED) is 0.767. The minimum Gasteiger partial charge on any atom is -0.411 e. The maximum Gasteiger partial charge on any atom is 0.321 e. The Kier molecular flexibility index (Phi) is 6.58.